The van der Waals surface area contributed by atoms with Crippen molar-refractivity contribution in [1.29, 1.82) is 0 Å². The third-order valence-corrected chi connectivity index (χ3v) is 2.20. The van der Waals surface area contributed by atoms with Gasteiger partial charge in [0.05, 0.1) is 5.69 Å². The van der Waals surface area contributed by atoms with Crippen LogP contribution in [0.3, 0.4) is 0 Å². The highest BCUT2D eigenvalue weighted by Crippen LogP contribution is 2.14. The van der Waals surface area contributed by atoms with Crippen molar-refractivity contribution in [3.8, 4) is 0 Å². The van der Waals surface area contributed by atoms with Crippen molar-refractivity contribution < 1.29 is 18.8 Å². The average Bonchev–Trinajstić information content (AvgIpc) is 2.32. The zero-order chi connectivity index (χ0) is 14.4. The van der Waals surface area contributed by atoms with Crippen molar-refractivity contribution in [3.63, 3.8) is 0 Å². The fourth-order valence-corrected chi connectivity index (χ4v) is 1.38. The van der Waals surface area contributed by atoms with Crippen LogP contribution >= 0.6 is 0 Å². The summed E-state index contributed by atoms with van der Waals surface area (Å²) < 4.78 is 25.9. The lowest BCUT2D eigenvalue weighted by atomic mass is 10.2. The number of amidine groups is 1. The van der Waals surface area contributed by atoms with E-state index in [0.717, 1.165) is 12.1 Å². The molecule has 2 amide bonds. The SMILES string of the molecule is CC(CC(N)=NO)NC(=O)Nc1ccc(F)cc1F. The average molecular weight is 272 g/mol. The maximum atomic E-state index is 13.3. The van der Waals surface area contributed by atoms with Crippen LogP contribution in [0.25, 0.3) is 0 Å². The van der Waals surface area contributed by atoms with Gasteiger partial charge in [0, 0.05) is 18.5 Å². The molecule has 0 heterocycles. The summed E-state index contributed by atoms with van der Waals surface area (Å²) in [6, 6.07) is 1.70. The van der Waals surface area contributed by atoms with Crippen LogP contribution in [0.5, 0.6) is 0 Å². The third kappa shape index (κ3) is 4.78. The first-order valence-corrected chi connectivity index (χ1v) is 5.41. The first-order chi connectivity index (χ1) is 8.92. The Kier molecular flexibility index (Phi) is 5.04. The van der Waals surface area contributed by atoms with E-state index >= 15 is 0 Å². The molecule has 8 heteroatoms. The minimum absolute atomic E-state index is 0.0410. The Morgan fingerprint density at radius 1 is 1.53 bits per heavy atom. The number of hydrogen-bond donors (Lipinski definition) is 4. The van der Waals surface area contributed by atoms with Gasteiger partial charge in [-0.1, -0.05) is 5.16 Å². The van der Waals surface area contributed by atoms with Crippen LogP contribution in [0, 0.1) is 11.6 Å². The zero-order valence-electron chi connectivity index (χ0n) is 10.2. The number of carbonyl (C=O) groups is 1. The molecule has 1 atom stereocenters. The number of benzene rings is 1. The van der Waals surface area contributed by atoms with Gasteiger partial charge in [0.2, 0.25) is 0 Å². The Balaban J connectivity index is 2.55. The summed E-state index contributed by atoms with van der Waals surface area (Å²) in [6.45, 7) is 1.62. The van der Waals surface area contributed by atoms with Crippen molar-refractivity contribution in [1.82, 2.24) is 5.32 Å². The zero-order valence-corrected chi connectivity index (χ0v) is 10.2. The van der Waals surface area contributed by atoms with Gasteiger partial charge in [-0.15, -0.1) is 0 Å². The third-order valence-electron chi connectivity index (χ3n) is 2.20. The van der Waals surface area contributed by atoms with Gasteiger partial charge in [-0.3, -0.25) is 0 Å². The monoisotopic (exact) mass is 272 g/mol. The number of rotatable bonds is 4. The van der Waals surface area contributed by atoms with Gasteiger partial charge in [-0.05, 0) is 19.1 Å². The fraction of sp³-hybridized carbons (Fsp3) is 0.273. The number of urea groups is 1. The first-order valence-electron chi connectivity index (χ1n) is 5.41. The molecule has 1 rings (SSSR count). The highest BCUT2D eigenvalue weighted by atomic mass is 19.1. The summed E-state index contributed by atoms with van der Waals surface area (Å²) in [4.78, 5) is 11.5. The molecular formula is C11H14F2N4O2. The number of anilines is 1. The number of nitrogens with two attached hydrogens (primary N) is 1. The standard InChI is InChI=1S/C11H14F2N4O2/c1-6(4-10(14)17-19)15-11(18)16-9-3-2-7(12)5-8(9)13/h2-3,5-6,19H,4H2,1H3,(H2,14,17)(H2,15,16,18). The molecule has 1 unspecified atom stereocenters. The Morgan fingerprint density at radius 3 is 2.79 bits per heavy atom. The van der Waals surface area contributed by atoms with Crippen molar-refractivity contribution in [2.75, 3.05) is 5.32 Å². The topological polar surface area (TPSA) is 99.7 Å². The Bertz CT molecular complexity index is 494. The van der Waals surface area contributed by atoms with Crippen molar-refractivity contribution in [2.24, 2.45) is 10.9 Å². The predicted octanol–water partition coefficient (Wildman–Crippen LogP) is 1.61. The second-order valence-electron chi connectivity index (χ2n) is 3.92. The second kappa shape index (κ2) is 6.53. The molecular weight excluding hydrogens is 258 g/mol. The second-order valence-corrected chi connectivity index (χ2v) is 3.92. The lowest BCUT2D eigenvalue weighted by Crippen LogP contribution is -2.38. The van der Waals surface area contributed by atoms with Gasteiger partial charge in [-0.2, -0.15) is 0 Å². The van der Waals surface area contributed by atoms with Crippen molar-refractivity contribution in [3.05, 3.63) is 29.8 Å². The van der Waals surface area contributed by atoms with Gasteiger partial charge < -0.3 is 21.6 Å². The molecule has 19 heavy (non-hydrogen) atoms. The summed E-state index contributed by atoms with van der Waals surface area (Å²) in [5, 5.41) is 15.8. The van der Waals surface area contributed by atoms with Crippen LogP contribution < -0.4 is 16.4 Å². The number of oxime groups is 1. The summed E-state index contributed by atoms with van der Waals surface area (Å²) in [7, 11) is 0. The molecule has 0 aliphatic rings. The van der Waals surface area contributed by atoms with Gasteiger partial charge >= 0.3 is 6.03 Å². The number of halogens is 2. The first kappa shape index (κ1) is 14.7. The van der Waals surface area contributed by atoms with Gasteiger partial charge in [0.25, 0.3) is 0 Å². The van der Waals surface area contributed by atoms with Crippen LogP contribution in [-0.2, 0) is 0 Å². The minimum Gasteiger partial charge on any atom is -0.409 e. The number of carbonyl (C=O) groups excluding carboxylic acids is 1. The molecule has 1 aromatic carbocycles. The predicted molar refractivity (Wildman–Crippen MR) is 66.0 cm³/mol. The molecule has 0 aliphatic heterocycles. The van der Waals surface area contributed by atoms with E-state index < -0.39 is 23.7 Å². The van der Waals surface area contributed by atoms with Crippen LogP contribution in [-0.4, -0.2) is 23.1 Å². The lowest BCUT2D eigenvalue weighted by Gasteiger charge is -2.14. The minimum atomic E-state index is -0.876. The van der Waals surface area contributed by atoms with E-state index in [0.29, 0.717) is 6.07 Å². The van der Waals surface area contributed by atoms with E-state index in [1.165, 1.54) is 0 Å². The molecule has 0 spiro atoms. The molecule has 6 nitrogen and oxygen atoms in total. The Labute approximate surface area is 108 Å². The molecule has 104 valence electrons. The largest absolute Gasteiger partial charge is 0.409 e. The van der Waals surface area contributed by atoms with E-state index in [2.05, 4.69) is 15.8 Å². The van der Waals surface area contributed by atoms with Gasteiger partial charge in [-0.25, -0.2) is 13.6 Å². The van der Waals surface area contributed by atoms with Crippen LogP contribution in [0.4, 0.5) is 19.3 Å². The summed E-state index contributed by atoms with van der Waals surface area (Å²) >= 11 is 0. The van der Waals surface area contributed by atoms with E-state index in [1.54, 1.807) is 6.92 Å². The summed E-state index contributed by atoms with van der Waals surface area (Å²) in [5.41, 5.74) is 5.13. The Morgan fingerprint density at radius 2 is 2.21 bits per heavy atom. The molecule has 0 aromatic heterocycles. The number of nitrogens with zero attached hydrogens (tertiary/aromatic N) is 1. The summed E-state index contributed by atoms with van der Waals surface area (Å²) in [5.74, 6) is -1.65. The maximum Gasteiger partial charge on any atom is 0.319 e. The van der Waals surface area contributed by atoms with Gasteiger partial charge in [0.15, 0.2) is 0 Å². The smallest absolute Gasteiger partial charge is 0.319 e. The fourth-order valence-electron chi connectivity index (χ4n) is 1.38. The number of hydrogen-bond acceptors (Lipinski definition) is 3. The number of amides is 2. The molecule has 0 saturated carbocycles. The van der Waals surface area contributed by atoms with Crippen molar-refractivity contribution >= 4 is 17.6 Å². The highest BCUT2D eigenvalue weighted by molar-refractivity contribution is 5.90. The van der Waals surface area contributed by atoms with E-state index in [9.17, 15) is 13.6 Å². The summed E-state index contributed by atoms with van der Waals surface area (Å²) in [6.07, 6.45) is 0.135. The number of nitrogens with one attached hydrogen (secondary N) is 2. The van der Waals surface area contributed by atoms with E-state index in [1.807, 2.05) is 0 Å². The normalized spacial score (nSPS) is 12.9. The molecule has 0 bridgehead atoms. The van der Waals surface area contributed by atoms with E-state index in [4.69, 9.17) is 10.9 Å². The quantitative estimate of drug-likeness (QED) is 0.290. The van der Waals surface area contributed by atoms with Crippen LogP contribution in [0.2, 0.25) is 0 Å². The Hall–Kier alpha value is -2.38. The highest BCUT2D eigenvalue weighted by Gasteiger charge is 2.11. The molecule has 0 radical (unpaired) electrons. The van der Waals surface area contributed by atoms with Crippen LogP contribution in [0.1, 0.15) is 13.3 Å². The molecule has 5 N–H and O–H groups in total. The molecule has 0 fully saturated rings. The van der Waals surface area contributed by atoms with Crippen LogP contribution in [0.15, 0.2) is 23.4 Å². The van der Waals surface area contributed by atoms with Crippen molar-refractivity contribution in [2.45, 2.75) is 19.4 Å². The molecule has 0 saturated heterocycles. The maximum absolute atomic E-state index is 13.3. The van der Waals surface area contributed by atoms with Gasteiger partial charge in [0.1, 0.15) is 17.5 Å². The van der Waals surface area contributed by atoms with E-state index in [-0.39, 0.29) is 17.9 Å². The lowest BCUT2D eigenvalue weighted by molar-refractivity contribution is 0.249. The molecule has 1 aromatic rings. The molecule has 0 aliphatic carbocycles.